The number of nitro benzene ring substituents is 1. The summed E-state index contributed by atoms with van der Waals surface area (Å²) in [6.07, 6.45) is -7.15. The van der Waals surface area contributed by atoms with Gasteiger partial charge in [-0.25, -0.2) is 18.3 Å². The van der Waals surface area contributed by atoms with Crippen molar-refractivity contribution in [3.8, 4) is 0 Å². The van der Waals surface area contributed by atoms with Crippen LogP contribution in [0.3, 0.4) is 0 Å². The zero-order valence-corrected chi connectivity index (χ0v) is 15.6. The molecule has 2 aromatic rings. The first-order valence-electron chi connectivity index (χ1n) is 8.55. The molecule has 0 bridgehead atoms. The van der Waals surface area contributed by atoms with Crippen molar-refractivity contribution in [2.45, 2.75) is 32.7 Å². The zero-order chi connectivity index (χ0) is 22.5. The number of hydrogen-bond acceptors (Lipinski definition) is 6. The Hall–Kier alpha value is -3.09. The minimum atomic E-state index is -4.72. The maximum Gasteiger partial charge on any atom is 0.401 e. The SMILES string of the molecule is CCOC(=O)c1cnn(CN(Cc2ccccc2[N+](=O)[O-])CC(F)(F)F)c1C(F)F. The van der Waals surface area contributed by atoms with Crippen LogP contribution in [-0.2, 0) is 18.0 Å². The molecule has 0 amide bonds. The second-order valence-electron chi connectivity index (χ2n) is 6.09. The molecular weight excluding hydrogens is 419 g/mol. The highest BCUT2D eigenvalue weighted by Crippen LogP contribution is 2.27. The third-order valence-corrected chi connectivity index (χ3v) is 3.90. The van der Waals surface area contributed by atoms with Crippen molar-refractivity contribution >= 4 is 11.7 Å². The third kappa shape index (κ3) is 5.95. The van der Waals surface area contributed by atoms with Gasteiger partial charge in [0, 0.05) is 18.2 Å². The Labute approximate surface area is 167 Å². The predicted octanol–water partition coefficient (Wildman–Crippen LogP) is 3.93. The molecule has 1 aromatic carbocycles. The van der Waals surface area contributed by atoms with Crippen molar-refractivity contribution < 1.29 is 36.4 Å². The van der Waals surface area contributed by atoms with Crippen LogP contribution in [-0.4, -0.2) is 44.9 Å². The molecule has 8 nitrogen and oxygen atoms in total. The molecule has 13 heteroatoms. The molecule has 0 aliphatic carbocycles. The first-order chi connectivity index (χ1) is 14.0. The number of aromatic nitrogens is 2. The highest BCUT2D eigenvalue weighted by Gasteiger charge is 2.33. The number of rotatable bonds is 9. The summed E-state index contributed by atoms with van der Waals surface area (Å²) in [6.45, 7) is -1.53. The van der Waals surface area contributed by atoms with Gasteiger partial charge in [-0.15, -0.1) is 0 Å². The van der Waals surface area contributed by atoms with Crippen LogP contribution in [0.2, 0.25) is 0 Å². The van der Waals surface area contributed by atoms with Crippen LogP contribution in [0.4, 0.5) is 27.6 Å². The summed E-state index contributed by atoms with van der Waals surface area (Å²) >= 11 is 0. The van der Waals surface area contributed by atoms with E-state index < -0.39 is 60.2 Å². The topological polar surface area (TPSA) is 90.5 Å². The number of alkyl halides is 5. The van der Waals surface area contributed by atoms with E-state index in [2.05, 4.69) is 9.84 Å². The Morgan fingerprint density at radius 1 is 1.33 bits per heavy atom. The van der Waals surface area contributed by atoms with Crippen molar-refractivity contribution in [1.29, 1.82) is 0 Å². The Kier molecular flexibility index (Phi) is 7.43. The van der Waals surface area contributed by atoms with Gasteiger partial charge in [-0.3, -0.25) is 15.0 Å². The van der Waals surface area contributed by atoms with E-state index in [1.165, 1.54) is 25.1 Å². The lowest BCUT2D eigenvalue weighted by molar-refractivity contribution is -0.385. The summed E-state index contributed by atoms with van der Waals surface area (Å²) in [4.78, 5) is 22.9. The smallest absolute Gasteiger partial charge is 0.401 e. The van der Waals surface area contributed by atoms with E-state index >= 15 is 0 Å². The van der Waals surface area contributed by atoms with Crippen LogP contribution in [0.5, 0.6) is 0 Å². The molecule has 0 N–H and O–H groups in total. The molecule has 0 unspecified atom stereocenters. The van der Waals surface area contributed by atoms with Gasteiger partial charge >= 0.3 is 12.1 Å². The summed E-state index contributed by atoms with van der Waals surface area (Å²) in [7, 11) is 0. The molecule has 0 aliphatic heterocycles. The monoisotopic (exact) mass is 436 g/mol. The van der Waals surface area contributed by atoms with Crippen molar-refractivity contribution in [2.24, 2.45) is 0 Å². The van der Waals surface area contributed by atoms with Crippen LogP contribution in [0, 0.1) is 10.1 Å². The number of hydrogen-bond donors (Lipinski definition) is 0. The fraction of sp³-hybridized carbons (Fsp3) is 0.412. The molecular formula is C17H17F5N4O4. The van der Waals surface area contributed by atoms with Gasteiger partial charge in [0.05, 0.1) is 30.9 Å². The summed E-state index contributed by atoms with van der Waals surface area (Å²) in [5, 5.41) is 14.7. The van der Waals surface area contributed by atoms with E-state index in [1.807, 2.05) is 0 Å². The van der Waals surface area contributed by atoms with Gasteiger partial charge in [0.2, 0.25) is 0 Å². The summed E-state index contributed by atoms with van der Waals surface area (Å²) in [5.74, 6) is -1.08. The molecule has 2 rings (SSSR count). The standard InChI is InChI=1S/C17H17F5N4O4/c1-2-30-16(27)12-7-23-25(14(12)15(18)19)10-24(9-17(20,21)22)8-11-5-3-4-6-13(11)26(28)29/h3-7,15H,2,8-10H2,1H3. The molecule has 0 saturated heterocycles. The zero-order valence-electron chi connectivity index (χ0n) is 15.6. The largest absolute Gasteiger partial charge is 0.462 e. The van der Waals surface area contributed by atoms with E-state index in [0.717, 1.165) is 12.3 Å². The van der Waals surface area contributed by atoms with E-state index in [4.69, 9.17) is 0 Å². The lowest BCUT2D eigenvalue weighted by Crippen LogP contribution is -2.36. The van der Waals surface area contributed by atoms with Gasteiger partial charge in [-0.2, -0.15) is 18.3 Å². The van der Waals surface area contributed by atoms with Crippen LogP contribution in [0.1, 0.15) is 35.0 Å². The normalized spacial score (nSPS) is 11.9. The Bertz CT molecular complexity index is 901. The fourth-order valence-electron chi connectivity index (χ4n) is 2.77. The van der Waals surface area contributed by atoms with E-state index in [1.54, 1.807) is 0 Å². The number of nitro groups is 1. The lowest BCUT2D eigenvalue weighted by atomic mass is 10.1. The summed E-state index contributed by atoms with van der Waals surface area (Å²) in [5.41, 5.74) is -1.91. The van der Waals surface area contributed by atoms with Crippen LogP contribution in [0.25, 0.3) is 0 Å². The van der Waals surface area contributed by atoms with Crippen molar-refractivity contribution in [2.75, 3.05) is 13.2 Å². The number of carbonyl (C=O) groups excluding carboxylic acids is 1. The van der Waals surface area contributed by atoms with Gasteiger partial charge < -0.3 is 4.74 Å². The van der Waals surface area contributed by atoms with E-state index in [0.29, 0.717) is 9.58 Å². The lowest BCUT2D eigenvalue weighted by Gasteiger charge is -2.24. The van der Waals surface area contributed by atoms with Crippen molar-refractivity contribution in [3.05, 3.63) is 57.4 Å². The number of benzene rings is 1. The highest BCUT2D eigenvalue weighted by molar-refractivity contribution is 5.90. The maximum atomic E-state index is 13.5. The first-order valence-corrected chi connectivity index (χ1v) is 8.55. The van der Waals surface area contributed by atoms with Gasteiger partial charge in [-0.1, -0.05) is 18.2 Å². The third-order valence-electron chi connectivity index (χ3n) is 3.90. The molecule has 0 atom stereocenters. The molecule has 0 fully saturated rings. The average molecular weight is 436 g/mol. The molecule has 1 aromatic heterocycles. The fourth-order valence-corrected chi connectivity index (χ4v) is 2.77. The number of ether oxygens (including phenoxy) is 1. The molecule has 0 spiro atoms. The molecule has 164 valence electrons. The number of nitrogens with zero attached hydrogens (tertiary/aromatic N) is 4. The molecule has 1 heterocycles. The minimum Gasteiger partial charge on any atom is -0.462 e. The first kappa shape index (κ1) is 23.2. The highest BCUT2D eigenvalue weighted by atomic mass is 19.4. The summed E-state index contributed by atoms with van der Waals surface area (Å²) < 4.78 is 71.3. The van der Waals surface area contributed by atoms with Crippen LogP contribution in [0.15, 0.2) is 30.5 Å². The molecule has 0 radical (unpaired) electrons. The maximum absolute atomic E-state index is 13.5. The number of carbonyl (C=O) groups is 1. The molecule has 30 heavy (non-hydrogen) atoms. The Morgan fingerprint density at radius 2 is 2.00 bits per heavy atom. The second-order valence-corrected chi connectivity index (χ2v) is 6.09. The molecule has 0 saturated carbocycles. The number of esters is 1. The van der Waals surface area contributed by atoms with Crippen molar-refractivity contribution in [1.82, 2.24) is 14.7 Å². The summed E-state index contributed by atoms with van der Waals surface area (Å²) in [6, 6.07) is 5.15. The predicted molar refractivity (Wildman–Crippen MR) is 92.7 cm³/mol. The second kappa shape index (κ2) is 9.61. The van der Waals surface area contributed by atoms with Gasteiger partial charge in [0.25, 0.3) is 12.1 Å². The van der Waals surface area contributed by atoms with Gasteiger partial charge in [0.1, 0.15) is 11.3 Å². The molecule has 0 aliphatic rings. The van der Waals surface area contributed by atoms with Gasteiger partial charge in [-0.05, 0) is 6.92 Å². The average Bonchev–Trinajstić information content (AvgIpc) is 3.04. The van der Waals surface area contributed by atoms with E-state index in [-0.39, 0.29) is 12.2 Å². The number of para-hydroxylation sites is 1. The Balaban J connectivity index is 2.38. The number of halogens is 5. The van der Waals surface area contributed by atoms with Crippen LogP contribution < -0.4 is 0 Å². The van der Waals surface area contributed by atoms with Crippen LogP contribution >= 0.6 is 0 Å². The van der Waals surface area contributed by atoms with Crippen molar-refractivity contribution in [3.63, 3.8) is 0 Å². The van der Waals surface area contributed by atoms with E-state index in [9.17, 15) is 36.9 Å². The Morgan fingerprint density at radius 3 is 2.57 bits per heavy atom. The van der Waals surface area contributed by atoms with Gasteiger partial charge in [0.15, 0.2) is 0 Å². The quantitative estimate of drug-likeness (QED) is 0.256. The minimum absolute atomic E-state index is 0.0388.